The smallest absolute Gasteiger partial charge is 0.148 e. The molecule has 0 amide bonds. The summed E-state index contributed by atoms with van der Waals surface area (Å²) in [6.07, 6.45) is 4.12. The lowest BCUT2D eigenvalue weighted by Gasteiger charge is -2.17. The van der Waals surface area contributed by atoms with Crippen molar-refractivity contribution in [2.24, 2.45) is 0 Å². The standard InChI is InChI=1S/C16H13BrFN3/c17-12-5-6-15(13(18)8-12)21-16-11(9-19)7-10-3-1-2-4-14(10)20-16/h5-8H,1-4H2,(H,20,21). The lowest BCUT2D eigenvalue weighted by molar-refractivity contribution is 0.630. The molecule has 0 atom stereocenters. The molecule has 0 spiro atoms. The molecule has 1 aromatic heterocycles. The van der Waals surface area contributed by atoms with Crippen LogP contribution in [-0.4, -0.2) is 4.98 Å². The van der Waals surface area contributed by atoms with Gasteiger partial charge in [-0.2, -0.15) is 5.26 Å². The van der Waals surface area contributed by atoms with Crippen LogP contribution in [0.5, 0.6) is 0 Å². The lowest BCUT2D eigenvalue weighted by atomic mass is 9.95. The molecule has 0 saturated heterocycles. The van der Waals surface area contributed by atoms with E-state index in [1.807, 2.05) is 6.07 Å². The fourth-order valence-electron chi connectivity index (χ4n) is 2.53. The summed E-state index contributed by atoms with van der Waals surface area (Å²) in [6, 6.07) is 8.77. The average molecular weight is 346 g/mol. The Kier molecular flexibility index (Phi) is 3.89. The molecular weight excluding hydrogens is 333 g/mol. The Bertz CT molecular complexity index is 737. The molecule has 0 aliphatic heterocycles. The Labute approximate surface area is 131 Å². The molecule has 1 aliphatic rings. The first-order valence-electron chi connectivity index (χ1n) is 6.82. The molecule has 1 aliphatic carbocycles. The Morgan fingerprint density at radius 3 is 2.81 bits per heavy atom. The van der Waals surface area contributed by atoms with Crippen molar-refractivity contribution in [1.82, 2.24) is 4.98 Å². The van der Waals surface area contributed by atoms with E-state index in [0.29, 0.717) is 21.5 Å². The summed E-state index contributed by atoms with van der Waals surface area (Å²) >= 11 is 3.22. The van der Waals surface area contributed by atoms with E-state index in [2.05, 4.69) is 32.3 Å². The highest BCUT2D eigenvalue weighted by Crippen LogP contribution is 2.28. The molecule has 0 fully saturated rings. The number of aromatic nitrogens is 1. The molecular formula is C16H13BrFN3. The summed E-state index contributed by atoms with van der Waals surface area (Å²) in [5.41, 5.74) is 2.93. The van der Waals surface area contributed by atoms with Gasteiger partial charge in [0.2, 0.25) is 0 Å². The zero-order valence-corrected chi connectivity index (χ0v) is 12.9. The third-order valence-corrected chi connectivity index (χ3v) is 4.10. The van der Waals surface area contributed by atoms with Crippen molar-refractivity contribution < 1.29 is 4.39 Å². The van der Waals surface area contributed by atoms with Gasteiger partial charge in [0.1, 0.15) is 17.7 Å². The van der Waals surface area contributed by atoms with Gasteiger partial charge in [-0.1, -0.05) is 15.9 Å². The molecule has 3 rings (SSSR count). The number of nitrogens with one attached hydrogen (secondary N) is 1. The highest BCUT2D eigenvalue weighted by atomic mass is 79.9. The molecule has 0 bridgehead atoms. The number of hydrogen-bond donors (Lipinski definition) is 1. The van der Waals surface area contributed by atoms with Crippen LogP contribution in [0.1, 0.15) is 29.7 Å². The van der Waals surface area contributed by atoms with Crippen molar-refractivity contribution in [3.63, 3.8) is 0 Å². The summed E-state index contributed by atoms with van der Waals surface area (Å²) in [5.74, 6) is 0.0483. The van der Waals surface area contributed by atoms with E-state index >= 15 is 0 Å². The van der Waals surface area contributed by atoms with Gasteiger partial charge in [0.05, 0.1) is 11.3 Å². The molecule has 1 N–H and O–H groups in total. The van der Waals surface area contributed by atoms with Crippen LogP contribution in [-0.2, 0) is 12.8 Å². The number of benzene rings is 1. The Morgan fingerprint density at radius 2 is 2.05 bits per heavy atom. The van der Waals surface area contributed by atoms with E-state index in [-0.39, 0.29) is 5.82 Å². The normalized spacial score (nSPS) is 13.4. The second-order valence-corrected chi connectivity index (χ2v) is 5.97. The van der Waals surface area contributed by atoms with Crippen LogP contribution in [0.3, 0.4) is 0 Å². The van der Waals surface area contributed by atoms with Crippen molar-refractivity contribution in [1.29, 1.82) is 5.26 Å². The summed E-state index contributed by atoms with van der Waals surface area (Å²) in [7, 11) is 0. The van der Waals surface area contributed by atoms with Crippen LogP contribution in [0.15, 0.2) is 28.7 Å². The van der Waals surface area contributed by atoms with E-state index in [4.69, 9.17) is 0 Å². The topological polar surface area (TPSA) is 48.7 Å². The van der Waals surface area contributed by atoms with E-state index < -0.39 is 0 Å². The highest BCUT2D eigenvalue weighted by molar-refractivity contribution is 9.10. The average Bonchev–Trinajstić information content (AvgIpc) is 2.49. The Hall–Kier alpha value is -1.93. The number of rotatable bonds is 2. The zero-order valence-electron chi connectivity index (χ0n) is 11.3. The number of aryl methyl sites for hydroxylation is 2. The SMILES string of the molecule is N#Cc1cc2c(nc1Nc1ccc(Br)cc1F)CCCC2. The predicted molar refractivity (Wildman–Crippen MR) is 83.0 cm³/mol. The highest BCUT2D eigenvalue weighted by Gasteiger charge is 2.16. The van der Waals surface area contributed by atoms with E-state index in [0.717, 1.165) is 36.9 Å². The first-order chi connectivity index (χ1) is 10.2. The van der Waals surface area contributed by atoms with E-state index in [1.165, 1.54) is 6.07 Å². The van der Waals surface area contributed by atoms with Gasteiger partial charge in [-0.15, -0.1) is 0 Å². The molecule has 2 aromatic rings. The molecule has 21 heavy (non-hydrogen) atoms. The first kappa shape index (κ1) is 14.0. The predicted octanol–water partition coefficient (Wildman–Crippen LogP) is 4.48. The van der Waals surface area contributed by atoms with Crippen LogP contribution in [0.25, 0.3) is 0 Å². The van der Waals surface area contributed by atoms with Crippen molar-refractivity contribution in [3.8, 4) is 6.07 Å². The fourth-order valence-corrected chi connectivity index (χ4v) is 2.87. The monoisotopic (exact) mass is 345 g/mol. The largest absolute Gasteiger partial charge is 0.337 e. The van der Waals surface area contributed by atoms with Crippen LogP contribution in [0.2, 0.25) is 0 Å². The van der Waals surface area contributed by atoms with Gasteiger partial charge in [-0.25, -0.2) is 9.37 Å². The number of pyridine rings is 1. The third-order valence-electron chi connectivity index (χ3n) is 3.61. The number of nitriles is 1. The van der Waals surface area contributed by atoms with Gasteiger partial charge in [0.25, 0.3) is 0 Å². The van der Waals surface area contributed by atoms with Crippen LogP contribution >= 0.6 is 15.9 Å². The minimum atomic E-state index is -0.382. The molecule has 1 heterocycles. The second kappa shape index (κ2) is 5.82. The second-order valence-electron chi connectivity index (χ2n) is 5.06. The van der Waals surface area contributed by atoms with Gasteiger partial charge < -0.3 is 5.32 Å². The van der Waals surface area contributed by atoms with Crippen molar-refractivity contribution in [2.45, 2.75) is 25.7 Å². The molecule has 5 heteroatoms. The van der Waals surface area contributed by atoms with Crippen LogP contribution < -0.4 is 5.32 Å². The van der Waals surface area contributed by atoms with Crippen molar-refractivity contribution in [2.75, 3.05) is 5.32 Å². The summed E-state index contributed by atoms with van der Waals surface area (Å²) in [5, 5.41) is 12.2. The maximum atomic E-state index is 13.9. The maximum absolute atomic E-state index is 13.9. The number of hydrogen-bond acceptors (Lipinski definition) is 3. The molecule has 3 nitrogen and oxygen atoms in total. The molecule has 0 unspecified atom stereocenters. The van der Waals surface area contributed by atoms with Crippen molar-refractivity contribution >= 4 is 27.4 Å². The third kappa shape index (κ3) is 2.91. The summed E-state index contributed by atoms with van der Waals surface area (Å²) < 4.78 is 14.6. The quantitative estimate of drug-likeness (QED) is 0.872. The lowest BCUT2D eigenvalue weighted by Crippen LogP contribution is -2.09. The van der Waals surface area contributed by atoms with Gasteiger partial charge >= 0.3 is 0 Å². The number of fused-ring (bicyclic) bond motifs is 1. The van der Waals surface area contributed by atoms with E-state index in [9.17, 15) is 9.65 Å². The van der Waals surface area contributed by atoms with Crippen LogP contribution in [0.4, 0.5) is 15.9 Å². The number of nitrogens with zero attached hydrogens (tertiary/aromatic N) is 2. The summed E-state index contributed by atoms with van der Waals surface area (Å²) in [6.45, 7) is 0. The van der Waals surface area contributed by atoms with E-state index in [1.54, 1.807) is 12.1 Å². The Balaban J connectivity index is 1.99. The summed E-state index contributed by atoms with van der Waals surface area (Å²) in [4.78, 5) is 4.53. The minimum absolute atomic E-state index is 0.318. The fraction of sp³-hybridized carbons (Fsp3) is 0.250. The first-order valence-corrected chi connectivity index (χ1v) is 7.61. The van der Waals surface area contributed by atoms with Crippen molar-refractivity contribution in [3.05, 3.63) is 51.4 Å². The zero-order chi connectivity index (χ0) is 14.8. The van der Waals surface area contributed by atoms with Gasteiger partial charge in [0.15, 0.2) is 0 Å². The van der Waals surface area contributed by atoms with Crippen LogP contribution in [0, 0.1) is 17.1 Å². The molecule has 0 saturated carbocycles. The molecule has 1 aromatic carbocycles. The molecule has 0 radical (unpaired) electrons. The van der Waals surface area contributed by atoms with Gasteiger partial charge in [-0.3, -0.25) is 0 Å². The maximum Gasteiger partial charge on any atom is 0.148 e. The number of halogens is 2. The van der Waals surface area contributed by atoms with Gasteiger partial charge in [-0.05, 0) is 55.5 Å². The number of anilines is 2. The van der Waals surface area contributed by atoms with Gasteiger partial charge in [0, 0.05) is 10.2 Å². The molecule has 106 valence electrons. The minimum Gasteiger partial charge on any atom is -0.337 e. The Morgan fingerprint density at radius 1 is 1.24 bits per heavy atom.